The molecule has 0 spiro atoms. The summed E-state index contributed by atoms with van der Waals surface area (Å²) < 4.78 is 64.6. The molecule has 2 saturated heterocycles. The monoisotopic (exact) mass is 462 g/mol. The maximum atomic E-state index is 14.0. The minimum atomic E-state index is -4.56. The standard InChI is InChI=1S/C25H31F3N4O/c1-15-3-4-16(2)21(7-15)23-10-22(25(26,27)28)24(31-30-23)29-20-8-18-12-32(13-19(18)9-20)11-17-5-6-33-14-17/h3-4,7,10,17-20H,5-6,8-9,11-14H2,1-2H3,(H,29,31)/t17-,18-,19+,20?/m0/s1/i11D2. The van der Waals surface area contributed by atoms with Gasteiger partial charge in [-0.05, 0) is 68.6 Å². The molecule has 2 aromatic rings. The second-order valence-corrected chi connectivity index (χ2v) is 9.74. The number of ether oxygens (including phenoxy) is 1. The van der Waals surface area contributed by atoms with E-state index in [2.05, 4.69) is 15.5 Å². The van der Waals surface area contributed by atoms with E-state index < -0.39 is 18.2 Å². The number of hydrogen-bond donors (Lipinski definition) is 1. The van der Waals surface area contributed by atoms with Crippen LogP contribution in [0.4, 0.5) is 19.0 Å². The fraction of sp³-hybridized carbons (Fsp3) is 0.600. The van der Waals surface area contributed by atoms with Gasteiger partial charge in [-0.2, -0.15) is 13.2 Å². The van der Waals surface area contributed by atoms with Crippen molar-refractivity contribution >= 4 is 5.82 Å². The smallest absolute Gasteiger partial charge is 0.381 e. The molecule has 0 bridgehead atoms. The number of halogens is 3. The van der Waals surface area contributed by atoms with Gasteiger partial charge in [0.15, 0.2) is 5.82 Å². The van der Waals surface area contributed by atoms with Crippen LogP contribution < -0.4 is 5.32 Å². The van der Waals surface area contributed by atoms with Gasteiger partial charge in [0.1, 0.15) is 5.56 Å². The quantitative estimate of drug-likeness (QED) is 0.682. The Morgan fingerprint density at radius 3 is 2.58 bits per heavy atom. The molecule has 178 valence electrons. The third-order valence-electron chi connectivity index (χ3n) is 7.16. The van der Waals surface area contributed by atoms with Crippen LogP contribution in [0.5, 0.6) is 0 Å². The van der Waals surface area contributed by atoms with Crippen molar-refractivity contribution in [2.75, 3.05) is 38.1 Å². The molecule has 3 aliphatic rings. The number of fused-ring (bicyclic) bond motifs is 1. The molecule has 4 atom stereocenters. The number of aromatic nitrogens is 2. The van der Waals surface area contributed by atoms with Crippen LogP contribution in [0.2, 0.25) is 0 Å². The first-order valence-electron chi connectivity index (χ1n) is 12.6. The fourth-order valence-corrected chi connectivity index (χ4v) is 5.47. The SMILES string of the molecule is [2H]C([2H])([C@@H]1CCOC1)N1C[C@H]2CC(Nc3nnc(-c4cc(C)ccc4C)cc3C(F)(F)F)C[C@H]2C1. The van der Waals surface area contributed by atoms with Crippen LogP contribution >= 0.6 is 0 Å². The molecular weight excluding hydrogens is 429 g/mol. The molecule has 5 rings (SSSR count). The van der Waals surface area contributed by atoms with Gasteiger partial charge in [0.25, 0.3) is 0 Å². The molecule has 8 heteroatoms. The Morgan fingerprint density at radius 1 is 1.15 bits per heavy atom. The molecule has 2 aliphatic heterocycles. The van der Waals surface area contributed by atoms with Crippen molar-refractivity contribution in [3.05, 3.63) is 41.0 Å². The highest BCUT2D eigenvalue weighted by atomic mass is 19.4. The summed E-state index contributed by atoms with van der Waals surface area (Å²) >= 11 is 0. The molecule has 33 heavy (non-hydrogen) atoms. The van der Waals surface area contributed by atoms with Gasteiger partial charge in [-0.15, -0.1) is 10.2 Å². The van der Waals surface area contributed by atoms with Crippen LogP contribution in [0.25, 0.3) is 11.3 Å². The zero-order chi connectivity index (χ0) is 25.0. The van der Waals surface area contributed by atoms with Crippen LogP contribution in [0.3, 0.4) is 0 Å². The zero-order valence-electron chi connectivity index (χ0n) is 21.0. The Kier molecular flexibility index (Phi) is 5.43. The van der Waals surface area contributed by atoms with Crippen LogP contribution in [0.15, 0.2) is 24.3 Å². The highest BCUT2D eigenvalue weighted by Crippen LogP contribution is 2.42. The van der Waals surface area contributed by atoms with E-state index in [9.17, 15) is 13.2 Å². The first kappa shape index (κ1) is 20.2. The summed E-state index contributed by atoms with van der Waals surface area (Å²) in [6.07, 6.45) is -2.46. The van der Waals surface area contributed by atoms with Crippen LogP contribution in [-0.2, 0) is 10.9 Å². The van der Waals surface area contributed by atoms with Crippen LogP contribution in [0, 0.1) is 31.6 Å². The maximum Gasteiger partial charge on any atom is 0.420 e. The van der Waals surface area contributed by atoms with Gasteiger partial charge in [-0.1, -0.05) is 17.7 Å². The van der Waals surface area contributed by atoms with Crippen molar-refractivity contribution in [1.29, 1.82) is 0 Å². The summed E-state index contributed by atoms with van der Waals surface area (Å²) in [5, 5.41) is 11.2. The lowest BCUT2D eigenvalue weighted by molar-refractivity contribution is -0.137. The lowest BCUT2D eigenvalue weighted by atomic mass is 10.0. The second-order valence-electron chi connectivity index (χ2n) is 9.74. The number of likely N-dealkylation sites (tertiary alicyclic amines) is 1. The Bertz CT molecular complexity index is 1080. The topological polar surface area (TPSA) is 50.3 Å². The van der Waals surface area contributed by atoms with E-state index in [1.165, 1.54) is 0 Å². The first-order valence-corrected chi connectivity index (χ1v) is 11.6. The molecule has 3 fully saturated rings. The van der Waals surface area contributed by atoms with Gasteiger partial charge < -0.3 is 15.0 Å². The van der Waals surface area contributed by atoms with Crippen molar-refractivity contribution in [1.82, 2.24) is 15.1 Å². The van der Waals surface area contributed by atoms with Crippen molar-refractivity contribution in [3.8, 4) is 11.3 Å². The van der Waals surface area contributed by atoms with Gasteiger partial charge in [-0.25, -0.2) is 0 Å². The van der Waals surface area contributed by atoms with Crippen molar-refractivity contribution in [2.45, 2.75) is 45.3 Å². The number of alkyl halides is 3. The number of rotatable bonds is 5. The highest BCUT2D eigenvalue weighted by Gasteiger charge is 2.43. The summed E-state index contributed by atoms with van der Waals surface area (Å²) in [5.41, 5.74) is 1.84. The van der Waals surface area contributed by atoms with Gasteiger partial charge in [0, 0.05) is 40.5 Å². The van der Waals surface area contributed by atoms with Gasteiger partial charge >= 0.3 is 6.18 Å². The molecule has 0 radical (unpaired) electrons. The van der Waals surface area contributed by atoms with Crippen molar-refractivity contribution < 1.29 is 20.6 Å². The van der Waals surface area contributed by atoms with Crippen molar-refractivity contribution in [2.24, 2.45) is 17.8 Å². The van der Waals surface area contributed by atoms with E-state index in [-0.39, 0.29) is 35.3 Å². The minimum Gasteiger partial charge on any atom is -0.381 e. The Balaban J connectivity index is 1.30. The fourth-order valence-electron chi connectivity index (χ4n) is 5.47. The molecule has 1 aromatic carbocycles. The molecule has 3 heterocycles. The number of nitrogens with one attached hydrogen (secondary N) is 1. The summed E-state index contributed by atoms with van der Waals surface area (Å²) in [6.45, 7) is 4.61. The number of benzene rings is 1. The molecule has 1 unspecified atom stereocenters. The average Bonchev–Trinajstić information content (AvgIpc) is 3.52. The largest absolute Gasteiger partial charge is 0.420 e. The molecule has 0 amide bonds. The summed E-state index contributed by atoms with van der Waals surface area (Å²) in [5.74, 6) is 0.144. The van der Waals surface area contributed by atoms with Crippen molar-refractivity contribution in [3.63, 3.8) is 0 Å². The van der Waals surface area contributed by atoms with E-state index >= 15 is 0 Å². The summed E-state index contributed by atoms with van der Waals surface area (Å²) in [4.78, 5) is 1.91. The third-order valence-corrected chi connectivity index (χ3v) is 7.16. The number of aryl methyl sites for hydroxylation is 2. The molecular formula is C25H31F3N4O. The molecule has 5 nitrogen and oxygen atoms in total. The third kappa shape index (κ3) is 4.87. The summed E-state index contributed by atoms with van der Waals surface area (Å²) in [7, 11) is 0. The predicted octanol–water partition coefficient (Wildman–Crippen LogP) is 4.94. The number of hydrogen-bond acceptors (Lipinski definition) is 5. The molecule has 1 aliphatic carbocycles. The predicted molar refractivity (Wildman–Crippen MR) is 121 cm³/mol. The lowest BCUT2D eigenvalue weighted by Crippen LogP contribution is -2.30. The summed E-state index contributed by atoms with van der Waals surface area (Å²) in [6, 6.07) is 6.56. The Labute approximate surface area is 195 Å². The van der Waals surface area contributed by atoms with E-state index in [1.807, 2.05) is 36.9 Å². The van der Waals surface area contributed by atoms with E-state index in [0.717, 1.165) is 23.6 Å². The minimum absolute atomic E-state index is 0.129. The molecule has 1 aromatic heterocycles. The van der Waals surface area contributed by atoms with E-state index in [4.69, 9.17) is 7.48 Å². The van der Waals surface area contributed by atoms with E-state index in [1.54, 1.807) is 0 Å². The molecule has 1 N–H and O–H groups in total. The average molecular weight is 463 g/mol. The van der Waals surface area contributed by atoms with Gasteiger partial charge in [0.2, 0.25) is 0 Å². The normalized spacial score (nSPS) is 29.1. The second kappa shape index (κ2) is 8.87. The van der Waals surface area contributed by atoms with Gasteiger partial charge in [0.05, 0.1) is 12.3 Å². The highest BCUT2D eigenvalue weighted by molar-refractivity contribution is 5.66. The lowest BCUT2D eigenvalue weighted by Gasteiger charge is -2.23. The first-order chi connectivity index (χ1) is 16.5. The Hall–Kier alpha value is -2.19. The zero-order valence-corrected chi connectivity index (χ0v) is 19.0. The molecule has 1 saturated carbocycles. The number of nitrogens with zero attached hydrogens (tertiary/aromatic N) is 3. The van der Waals surface area contributed by atoms with Crippen LogP contribution in [0.1, 0.15) is 38.7 Å². The van der Waals surface area contributed by atoms with Crippen LogP contribution in [-0.4, -0.2) is 53.9 Å². The Morgan fingerprint density at radius 2 is 1.91 bits per heavy atom. The van der Waals surface area contributed by atoms with E-state index in [0.29, 0.717) is 44.7 Å². The number of anilines is 1. The van der Waals surface area contributed by atoms with Gasteiger partial charge in [-0.3, -0.25) is 0 Å². The maximum absolute atomic E-state index is 14.0.